The quantitative estimate of drug-likeness (QED) is 0.193. The van der Waals surface area contributed by atoms with Crippen LogP contribution in [0.2, 0.25) is 0 Å². The number of carbonyl (C=O) groups excluding carboxylic acids is 3. The zero-order valence-electron chi connectivity index (χ0n) is 17.3. The highest BCUT2D eigenvalue weighted by atomic mass is 32.1. The zero-order chi connectivity index (χ0) is 22.7. The van der Waals surface area contributed by atoms with E-state index in [0.717, 1.165) is 0 Å². The lowest BCUT2D eigenvalue weighted by Crippen LogP contribution is -2.59. The Hall–Kier alpha value is -1.46. The van der Waals surface area contributed by atoms with E-state index in [1.807, 2.05) is 20.8 Å². The maximum absolute atomic E-state index is 12.7. The topological polar surface area (TPSA) is 151 Å². The van der Waals surface area contributed by atoms with Crippen molar-refractivity contribution in [2.24, 2.45) is 17.6 Å². The highest BCUT2D eigenvalue weighted by Gasteiger charge is 2.32. The smallest absolute Gasteiger partial charge is 0.327 e. The molecule has 29 heavy (non-hydrogen) atoms. The Balaban J connectivity index is 5.20. The van der Waals surface area contributed by atoms with Gasteiger partial charge in [-0.3, -0.25) is 14.4 Å². The Morgan fingerprint density at radius 1 is 0.897 bits per heavy atom. The molecule has 9 nitrogen and oxygen atoms in total. The fourth-order valence-electron chi connectivity index (χ4n) is 2.49. The second-order valence-electron chi connectivity index (χ2n) is 7.43. The summed E-state index contributed by atoms with van der Waals surface area (Å²) in [7, 11) is 0. The van der Waals surface area contributed by atoms with Gasteiger partial charge in [0, 0.05) is 11.5 Å². The van der Waals surface area contributed by atoms with E-state index in [-0.39, 0.29) is 23.3 Å². The van der Waals surface area contributed by atoms with Crippen LogP contribution in [-0.2, 0) is 19.2 Å². The van der Waals surface area contributed by atoms with Crippen LogP contribution in [0.1, 0.15) is 40.5 Å². The Kier molecular flexibility index (Phi) is 13.0. The molecule has 0 saturated carbocycles. The van der Waals surface area contributed by atoms with Gasteiger partial charge in [0.05, 0.1) is 6.04 Å². The number of nitrogens with one attached hydrogen (secondary N) is 3. The predicted octanol–water partition coefficient (Wildman–Crippen LogP) is -0.195. The number of nitrogens with two attached hydrogens (primary N) is 1. The van der Waals surface area contributed by atoms with Crippen LogP contribution in [0.5, 0.6) is 0 Å². The first kappa shape index (κ1) is 27.5. The minimum Gasteiger partial charge on any atom is -0.480 e. The van der Waals surface area contributed by atoms with Crippen LogP contribution in [0.25, 0.3) is 0 Å². The van der Waals surface area contributed by atoms with Crippen LogP contribution < -0.4 is 21.7 Å². The second-order valence-corrected chi connectivity index (χ2v) is 8.16. The van der Waals surface area contributed by atoms with Crippen LogP contribution in [0.4, 0.5) is 0 Å². The van der Waals surface area contributed by atoms with Crippen LogP contribution in [-0.4, -0.2) is 64.5 Å². The molecule has 0 aromatic rings. The summed E-state index contributed by atoms with van der Waals surface area (Å²) in [4.78, 5) is 48.6. The minimum absolute atomic E-state index is 0.00913. The third kappa shape index (κ3) is 9.72. The van der Waals surface area contributed by atoms with Crippen molar-refractivity contribution < 1.29 is 24.3 Å². The number of rotatable bonds is 13. The summed E-state index contributed by atoms with van der Waals surface area (Å²) in [5, 5.41) is 16.6. The van der Waals surface area contributed by atoms with E-state index in [1.54, 1.807) is 6.92 Å². The molecule has 0 aliphatic rings. The maximum atomic E-state index is 12.7. The lowest BCUT2D eigenvalue weighted by Gasteiger charge is -2.27. The summed E-state index contributed by atoms with van der Waals surface area (Å²) in [6.07, 6.45) is 1.03. The largest absolute Gasteiger partial charge is 0.480 e. The molecule has 0 fully saturated rings. The molecular formula is C18H34N4O5S2. The molecule has 5 atom stereocenters. The first-order chi connectivity index (χ1) is 13.5. The van der Waals surface area contributed by atoms with Gasteiger partial charge in [-0.05, 0) is 18.3 Å². The zero-order valence-corrected chi connectivity index (χ0v) is 19.1. The lowest BCUT2D eigenvalue weighted by atomic mass is 9.97. The number of thiol groups is 2. The number of amides is 3. The standard InChI is InChI=1S/C18H34N4O5S2/c1-5-10(4)14(17(25)21-13(8-29)18(26)27)22-16(24)12(7-28)20-15(23)11(19)6-9(2)3/h9-14,28-29H,5-8,19H2,1-4H3,(H,20,23)(H,21,25)(H,22,24)(H,26,27). The van der Waals surface area contributed by atoms with Gasteiger partial charge in [-0.2, -0.15) is 25.3 Å². The average molecular weight is 451 g/mol. The Morgan fingerprint density at radius 3 is 1.83 bits per heavy atom. The van der Waals surface area contributed by atoms with Crippen LogP contribution >= 0.6 is 25.3 Å². The van der Waals surface area contributed by atoms with Gasteiger partial charge < -0.3 is 26.8 Å². The third-order valence-corrected chi connectivity index (χ3v) is 5.20. The van der Waals surface area contributed by atoms with Crippen molar-refractivity contribution in [2.75, 3.05) is 11.5 Å². The summed E-state index contributed by atoms with van der Waals surface area (Å²) in [5.41, 5.74) is 5.84. The third-order valence-electron chi connectivity index (χ3n) is 4.47. The number of hydrogen-bond acceptors (Lipinski definition) is 7. The van der Waals surface area contributed by atoms with E-state index < -0.39 is 47.9 Å². The summed E-state index contributed by atoms with van der Waals surface area (Å²) in [5.74, 6) is -3.06. The Bertz CT molecular complexity index is 576. The molecule has 0 radical (unpaired) electrons. The maximum Gasteiger partial charge on any atom is 0.327 e. The van der Waals surface area contributed by atoms with Crippen LogP contribution in [0, 0.1) is 11.8 Å². The van der Waals surface area contributed by atoms with E-state index in [9.17, 15) is 19.2 Å². The molecule has 0 bridgehead atoms. The predicted molar refractivity (Wildman–Crippen MR) is 118 cm³/mol. The minimum atomic E-state index is -1.22. The first-order valence-electron chi connectivity index (χ1n) is 9.59. The van der Waals surface area contributed by atoms with Crippen molar-refractivity contribution in [3.05, 3.63) is 0 Å². The molecular weight excluding hydrogens is 416 g/mol. The van der Waals surface area contributed by atoms with E-state index >= 15 is 0 Å². The molecule has 0 aliphatic carbocycles. The molecule has 0 saturated heterocycles. The Morgan fingerprint density at radius 2 is 1.41 bits per heavy atom. The molecule has 0 aromatic heterocycles. The molecule has 0 spiro atoms. The monoisotopic (exact) mass is 450 g/mol. The molecule has 5 unspecified atom stereocenters. The SMILES string of the molecule is CCC(C)C(NC(=O)C(CS)NC(=O)C(N)CC(C)C)C(=O)NC(CS)C(=O)O. The number of carboxylic acid groups (broad SMARTS) is 1. The molecule has 0 aromatic carbocycles. The van der Waals surface area contributed by atoms with Gasteiger partial charge in [0.1, 0.15) is 18.1 Å². The number of carboxylic acids is 1. The van der Waals surface area contributed by atoms with Gasteiger partial charge in [-0.25, -0.2) is 4.79 Å². The number of aliphatic carboxylic acids is 1. The van der Waals surface area contributed by atoms with Crippen LogP contribution in [0.15, 0.2) is 0 Å². The molecule has 0 heterocycles. The van der Waals surface area contributed by atoms with Gasteiger partial charge in [0.25, 0.3) is 0 Å². The summed E-state index contributed by atoms with van der Waals surface area (Å²) >= 11 is 8.03. The molecule has 168 valence electrons. The first-order valence-corrected chi connectivity index (χ1v) is 10.9. The highest BCUT2D eigenvalue weighted by Crippen LogP contribution is 2.10. The number of hydrogen-bond donors (Lipinski definition) is 7. The molecule has 3 amide bonds. The highest BCUT2D eigenvalue weighted by molar-refractivity contribution is 7.80. The van der Waals surface area contributed by atoms with Gasteiger partial charge in [0.2, 0.25) is 17.7 Å². The van der Waals surface area contributed by atoms with Crippen molar-refractivity contribution in [1.29, 1.82) is 0 Å². The number of carbonyl (C=O) groups is 4. The summed E-state index contributed by atoms with van der Waals surface area (Å²) in [6, 6.07) is -3.89. The van der Waals surface area contributed by atoms with Crippen molar-refractivity contribution in [2.45, 2.75) is 64.7 Å². The fourth-order valence-corrected chi connectivity index (χ4v) is 3.00. The van der Waals surface area contributed by atoms with Gasteiger partial charge >= 0.3 is 5.97 Å². The van der Waals surface area contributed by atoms with E-state index in [2.05, 4.69) is 41.2 Å². The summed E-state index contributed by atoms with van der Waals surface area (Å²) < 4.78 is 0. The fraction of sp³-hybridized carbons (Fsp3) is 0.778. The van der Waals surface area contributed by atoms with E-state index in [4.69, 9.17) is 10.8 Å². The average Bonchev–Trinajstić information content (AvgIpc) is 2.66. The molecule has 6 N–H and O–H groups in total. The van der Waals surface area contributed by atoms with Crippen molar-refractivity contribution in [1.82, 2.24) is 16.0 Å². The lowest BCUT2D eigenvalue weighted by molar-refractivity contribution is -0.142. The van der Waals surface area contributed by atoms with Crippen molar-refractivity contribution in [3.63, 3.8) is 0 Å². The second kappa shape index (κ2) is 13.7. The van der Waals surface area contributed by atoms with Crippen molar-refractivity contribution >= 4 is 48.9 Å². The molecule has 0 rings (SSSR count). The van der Waals surface area contributed by atoms with E-state index in [1.165, 1.54) is 0 Å². The normalized spacial score (nSPS) is 16.3. The molecule has 0 aliphatic heterocycles. The van der Waals surface area contributed by atoms with Crippen LogP contribution in [0.3, 0.4) is 0 Å². The van der Waals surface area contributed by atoms with Gasteiger partial charge in [-0.1, -0.05) is 34.1 Å². The molecule has 11 heteroatoms. The van der Waals surface area contributed by atoms with Gasteiger partial charge in [-0.15, -0.1) is 0 Å². The Labute approximate surface area is 183 Å². The van der Waals surface area contributed by atoms with E-state index in [0.29, 0.717) is 12.8 Å². The summed E-state index contributed by atoms with van der Waals surface area (Å²) in [6.45, 7) is 7.46. The van der Waals surface area contributed by atoms with Crippen molar-refractivity contribution in [3.8, 4) is 0 Å². The van der Waals surface area contributed by atoms with Gasteiger partial charge in [0.15, 0.2) is 0 Å².